The third-order valence-electron chi connectivity index (χ3n) is 2.93. The van der Waals surface area contributed by atoms with Crippen LogP contribution in [0.1, 0.15) is 12.5 Å². The molecule has 0 aromatic heterocycles. The molecule has 3 N–H and O–H groups in total. The summed E-state index contributed by atoms with van der Waals surface area (Å²) in [5, 5.41) is 0. The van der Waals surface area contributed by atoms with Gasteiger partial charge in [-0.3, -0.25) is 4.72 Å². The summed E-state index contributed by atoms with van der Waals surface area (Å²) in [5.74, 6) is -0.529. The zero-order valence-corrected chi connectivity index (χ0v) is 13.6. The lowest BCUT2D eigenvalue weighted by molar-refractivity contribution is 0.600. The van der Waals surface area contributed by atoms with Crippen LogP contribution >= 0.6 is 15.9 Å². The van der Waals surface area contributed by atoms with Gasteiger partial charge in [0.2, 0.25) is 0 Å². The fourth-order valence-corrected chi connectivity index (χ4v) is 3.78. The number of rotatable bonds is 4. The van der Waals surface area contributed by atoms with E-state index in [1.54, 1.807) is 12.1 Å². The SMILES string of the molecule is CCc1ccc(N)cc1S(=O)(=O)Nc1cc(F)ccc1Br. The van der Waals surface area contributed by atoms with Crippen LogP contribution in [0.4, 0.5) is 15.8 Å². The predicted octanol–water partition coefficient (Wildman–Crippen LogP) is 3.53. The van der Waals surface area contributed by atoms with Crippen LogP contribution in [0.3, 0.4) is 0 Å². The molecule has 21 heavy (non-hydrogen) atoms. The maximum Gasteiger partial charge on any atom is 0.262 e. The smallest absolute Gasteiger partial charge is 0.262 e. The normalized spacial score (nSPS) is 11.4. The summed E-state index contributed by atoms with van der Waals surface area (Å²) in [6.45, 7) is 1.85. The highest BCUT2D eigenvalue weighted by Gasteiger charge is 2.19. The van der Waals surface area contributed by atoms with Gasteiger partial charge < -0.3 is 5.73 Å². The number of anilines is 2. The lowest BCUT2D eigenvalue weighted by Crippen LogP contribution is -2.15. The lowest BCUT2D eigenvalue weighted by Gasteiger charge is -2.13. The molecule has 0 fully saturated rings. The molecule has 0 aliphatic rings. The molecule has 0 atom stereocenters. The second-order valence-electron chi connectivity index (χ2n) is 4.45. The second kappa shape index (κ2) is 6.03. The van der Waals surface area contributed by atoms with E-state index < -0.39 is 15.8 Å². The van der Waals surface area contributed by atoms with Crippen molar-refractivity contribution in [1.29, 1.82) is 0 Å². The van der Waals surface area contributed by atoms with E-state index in [9.17, 15) is 12.8 Å². The highest BCUT2D eigenvalue weighted by molar-refractivity contribution is 9.10. The highest BCUT2D eigenvalue weighted by atomic mass is 79.9. The van der Waals surface area contributed by atoms with Crippen molar-refractivity contribution >= 4 is 37.3 Å². The molecule has 7 heteroatoms. The Morgan fingerprint density at radius 3 is 2.62 bits per heavy atom. The minimum atomic E-state index is -3.84. The quantitative estimate of drug-likeness (QED) is 0.806. The molecule has 0 saturated carbocycles. The van der Waals surface area contributed by atoms with Crippen molar-refractivity contribution in [2.24, 2.45) is 0 Å². The Balaban J connectivity index is 2.48. The van der Waals surface area contributed by atoms with Gasteiger partial charge in [-0.25, -0.2) is 12.8 Å². The van der Waals surface area contributed by atoms with Crippen molar-refractivity contribution < 1.29 is 12.8 Å². The molecule has 2 aromatic rings. The summed E-state index contributed by atoms with van der Waals surface area (Å²) in [7, 11) is -3.84. The molecule has 2 aromatic carbocycles. The number of benzene rings is 2. The number of aryl methyl sites for hydroxylation is 1. The fourth-order valence-electron chi connectivity index (χ4n) is 1.89. The van der Waals surface area contributed by atoms with E-state index in [1.165, 1.54) is 18.2 Å². The van der Waals surface area contributed by atoms with Crippen LogP contribution in [0.25, 0.3) is 0 Å². The van der Waals surface area contributed by atoms with Gasteiger partial charge in [0.1, 0.15) is 5.82 Å². The van der Waals surface area contributed by atoms with E-state index in [1.807, 2.05) is 6.92 Å². The van der Waals surface area contributed by atoms with Gasteiger partial charge >= 0.3 is 0 Å². The lowest BCUT2D eigenvalue weighted by atomic mass is 10.1. The first kappa shape index (κ1) is 15.8. The first-order valence-electron chi connectivity index (χ1n) is 6.19. The van der Waals surface area contributed by atoms with Crippen molar-refractivity contribution in [2.75, 3.05) is 10.5 Å². The topological polar surface area (TPSA) is 72.2 Å². The summed E-state index contributed by atoms with van der Waals surface area (Å²) in [4.78, 5) is 0.0983. The van der Waals surface area contributed by atoms with Crippen molar-refractivity contribution in [3.63, 3.8) is 0 Å². The molecule has 0 amide bonds. The average Bonchev–Trinajstić information content (AvgIpc) is 2.42. The Bertz CT molecular complexity index is 779. The molecule has 112 valence electrons. The number of nitrogens with two attached hydrogens (primary N) is 1. The zero-order chi connectivity index (χ0) is 15.6. The van der Waals surface area contributed by atoms with Crippen LogP contribution in [0.2, 0.25) is 0 Å². The first-order valence-corrected chi connectivity index (χ1v) is 8.47. The van der Waals surface area contributed by atoms with E-state index in [4.69, 9.17) is 5.73 Å². The van der Waals surface area contributed by atoms with Crippen LogP contribution in [0.15, 0.2) is 45.8 Å². The van der Waals surface area contributed by atoms with Crippen LogP contribution in [-0.4, -0.2) is 8.42 Å². The molecule has 0 spiro atoms. The maximum atomic E-state index is 13.3. The summed E-state index contributed by atoms with van der Waals surface area (Å²) >= 11 is 3.19. The predicted molar refractivity (Wildman–Crippen MR) is 85.1 cm³/mol. The van der Waals surface area contributed by atoms with Gasteiger partial charge in [-0.2, -0.15) is 0 Å². The van der Waals surface area contributed by atoms with Crippen molar-refractivity contribution in [1.82, 2.24) is 0 Å². The van der Waals surface area contributed by atoms with Crippen LogP contribution < -0.4 is 10.5 Å². The summed E-state index contributed by atoms with van der Waals surface area (Å²) in [6, 6.07) is 8.50. The van der Waals surface area contributed by atoms with Crippen LogP contribution in [0.5, 0.6) is 0 Å². The van der Waals surface area contributed by atoms with E-state index in [0.717, 1.165) is 6.07 Å². The van der Waals surface area contributed by atoms with Crippen molar-refractivity contribution in [2.45, 2.75) is 18.2 Å². The molecular weight excluding hydrogens is 359 g/mol. The van der Waals surface area contributed by atoms with Gasteiger partial charge in [0.25, 0.3) is 10.0 Å². The van der Waals surface area contributed by atoms with E-state index in [2.05, 4.69) is 20.7 Å². The molecule has 4 nitrogen and oxygen atoms in total. The second-order valence-corrected chi connectivity index (χ2v) is 6.96. The van der Waals surface area contributed by atoms with Crippen molar-refractivity contribution in [3.8, 4) is 0 Å². The van der Waals surface area contributed by atoms with E-state index >= 15 is 0 Å². The number of hydrogen-bond donors (Lipinski definition) is 2. The Labute approximate surface area is 131 Å². The molecule has 0 aliphatic carbocycles. The number of hydrogen-bond acceptors (Lipinski definition) is 3. The minimum Gasteiger partial charge on any atom is -0.399 e. The van der Waals surface area contributed by atoms with Gasteiger partial charge in [0.05, 0.1) is 10.6 Å². The summed E-state index contributed by atoms with van der Waals surface area (Å²) in [5.41, 5.74) is 6.80. The summed E-state index contributed by atoms with van der Waals surface area (Å²) in [6.07, 6.45) is 0.543. The molecule has 0 bridgehead atoms. The van der Waals surface area contributed by atoms with E-state index in [0.29, 0.717) is 22.1 Å². The van der Waals surface area contributed by atoms with Gasteiger partial charge in [0, 0.05) is 10.2 Å². The van der Waals surface area contributed by atoms with Gasteiger partial charge in [-0.05, 0) is 58.2 Å². The standard InChI is InChI=1S/C14H14BrFN2O2S/c1-2-9-3-5-11(17)8-14(9)21(19,20)18-13-7-10(16)4-6-12(13)15/h3-8,18H,2,17H2,1H3. The Morgan fingerprint density at radius 2 is 1.95 bits per heavy atom. The molecule has 2 rings (SSSR count). The number of nitrogen functional groups attached to an aromatic ring is 1. The number of sulfonamides is 1. The van der Waals surface area contributed by atoms with Crippen molar-refractivity contribution in [3.05, 3.63) is 52.3 Å². The Kier molecular flexibility index (Phi) is 4.53. The number of halogens is 2. The van der Waals surface area contributed by atoms with Crippen LogP contribution in [-0.2, 0) is 16.4 Å². The van der Waals surface area contributed by atoms with Gasteiger partial charge in [-0.1, -0.05) is 13.0 Å². The average molecular weight is 373 g/mol. The summed E-state index contributed by atoms with van der Waals surface area (Å²) < 4.78 is 41.1. The Hall–Kier alpha value is -1.60. The molecule has 0 heterocycles. The molecule has 0 saturated heterocycles. The molecule has 0 aliphatic heterocycles. The Morgan fingerprint density at radius 1 is 1.24 bits per heavy atom. The third kappa shape index (κ3) is 3.54. The monoisotopic (exact) mass is 372 g/mol. The maximum absolute atomic E-state index is 13.3. The fraction of sp³-hybridized carbons (Fsp3) is 0.143. The minimum absolute atomic E-state index is 0.0983. The largest absolute Gasteiger partial charge is 0.399 e. The molecule has 0 unspecified atom stereocenters. The van der Waals surface area contributed by atoms with Gasteiger partial charge in [0.15, 0.2) is 0 Å². The highest BCUT2D eigenvalue weighted by Crippen LogP contribution is 2.27. The molecule has 0 radical (unpaired) electrons. The molecular formula is C14H14BrFN2O2S. The third-order valence-corrected chi connectivity index (χ3v) is 5.07. The van der Waals surface area contributed by atoms with Gasteiger partial charge in [-0.15, -0.1) is 0 Å². The first-order chi connectivity index (χ1) is 9.83. The number of nitrogens with one attached hydrogen (secondary N) is 1. The van der Waals surface area contributed by atoms with E-state index in [-0.39, 0.29) is 10.6 Å². The van der Waals surface area contributed by atoms with Crippen LogP contribution in [0, 0.1) is 5.82 Å². The zero-order valence-electron chi connectivity index (χ0n) is 11.2.